The summed E-state index contributed by atoms with van der Waals surface area (Å²) < 4.78 is 5.54. The van der Waals surface area contributed by atoms with Crippen LogP contribution in [-0.2, 0) is 0 Å². The van der Waals surface area contributed by atoms with Gasteiger partial charge in [0.25, 0.3) is 0 Å². The molecule has 0 saturated heterocycles. The number of hydrogen-bond acceptors (Lipinski definition) is 5. The number of aromatic nitrogens is 1. The number of ether oxygens (including phenoxy) is 1. The lowest BCUT2D eigenvalue weighted by molar-refractivity contribution is -0.385. The maximum absolute atomic E-state index is 11.0. The fourth-order valence-corrected chi connectivity index (χ4v) is 1.74. The van der Waals surface area contributed by atoms with Crippen LogP contribution >= 0.6 is 0 Å². The van der Waals surface area contributed by atoms with Crippen molar-refractivity contribution in [3.05, 3.63) is 57.8 Å². The van der Waals surface area contributed by atoms with E-state index < -0.39 is 4.92 Å². The van der Waals surface area contributed by atoms with E-state index in [1.165, 1.54) is 6.07 Å². The molecule has 104 valence electrons. The van der Waals surface area contributed by atoms with Gasteiger partial charge in [0.1, 0.15) is 0 Å². The van der Waals surface area contributed by atoms with Gasteiger partial charge in [-0.2, -0.15) is 0 Å². The highest BCUT2D eigenvalue weighted by atomic mass is 16.6. The molecule has 0 fully saturated rings. The van der Waals surface area contributed by atoms with Crippen molar-refractivity contribution in [3.8, 4) is 11.6 Å². The van der Waals surface area contributed by atoms with Crippen molar-refractivity contribution < 1.29 is 9.66 Å². The number of nitro groups is 1. The second-order valence-electron chi connectivity index (χ2n) is 4.50. The smallest absolute Gasteiger partial charge is 0.311 e. The van der Waals surface area contributed by atoms with Gasteiger partial charge in [-0.25, -0.2) is 4.98 Å². The van der Waals surface area contributed by atoms with Gasteiger partial charge in [-0.3, -0.25) is 10.1 Å². The first-order valence-corrected chi connectivity index (χ1v) is 6.12. The molecule has 0 amide bonds. The third-order valence-corrected chi connectivity index (χ3v) is 2.88. The summed E-state index contributed by atoms with van der Waals surface area (Å²) in [6, 6.07) is 8.08. The first-order chi connectivity index (χ1) is 9.49. The second kappa shape index (κ2) is 5.66. The standard InChI is InChI=1S/C14H15N3O3/c1-9-4-3-5-12(17(18)19)14(9)20-13-7-6-11(8-16-13)10(2)15/h3-8,10H,15H2,1-2H3/t10-/m0/s1. The molecule has 0 bridgehead atoms. The van der Waals surface area contributed by atoms with Crippen molar-refractivity contribution in [2.45, 2.75) is 19.9 Å². The number of rotatable bonds is 4. The Labute approximate surface area is 116 Å². The molecular weight excluding hydrogens is 258 g/mol. The van der Waals surface area contributed by atoms with Gasteiger partial charge in [0.2, 0.25) is 11.6 Å². The summed E-state index contributed by atoms with van der Waals surface area (Å²) in [6.07, 6.45) is 1.60. The number of nitrogens with two attached hydrogens (primary N) is 1. The van der Waals surface area contributed by atoms with Crippen LogP contribution in [0.3, 0.4) is 0 Å². The van der Waals surface area contributed by atoms with Gasteiger partial charge < -0.3 is 10.5 Å². The van der Waals surface area contributed by atoms with E-state index >= 15 is 0 Å². The fourth-order valence-electron chi connectivity index (χ4n) is 1.74. The molecule has 0 radical (unpaired) electrons. The number of nitrogens with zero attached hydrogens (tertiary/aromatic N) is 2. The van der Waals surface area contributed by atoms with Crippen LogP contribution in [0.4, 0.5) is 5.69 Å². The van der Waals surface area contributed by atoms with Gasteiger partial charge in [0.05, 0.1) is 4.92 Å². The highest BCUT2D eigenvalue weighted by Crippen LogP contribution is 2.33. The SMILES string of the molecule is Cc1cccc([N+](=O)[O-])c1Oc1ccc([C@H](C)N)cn1. The van der Waals surface area contributed by atoms with Gasteiger partial charge in [0, 0.05) is 24.4 Å². The maximum Gasteiger partial charge on any atom is 0.311 e. The van der Waals surface area contributed by atoms with Gasteiger partial charge in [0.15, 0.2) is 0 Å². The van der Waals surface area contributed by atoms with E-state index in [0.717, 1.165) is 5.56 Å². The van der Waals surface area contributed by atoms with Crippen LogP contribution in [-0.4, -0.2) is 9.91 Å². The lowest BCUT2D eigenvalue weighted by Gasteiger charge is -2.09. The third kappa shape index (κ3) is 2.92. The Bertz CT molecular complexity index is 624. The quantitative estimate of drug-likeness (QED) is 0.682. The molecule has 2 rings (SSSR count). The van der Waals surface area contributed by atoms with E-state index in [4.69, 9.17) is 10.5 Å². The van der Waals surface area contributed by atoms with E-state index in [1.54, 1.807) is 37.4 Å². The Balaban J connectivity index is 2.32. The zero-order valence-electron chi connectivity index (χ0n) is 11.2. The Morgan fingerprint density at radius 2 is 2.10 bits per heavy atom. The van der Waals surface area contributed by atoms with Crippen molar-refractivity contribution in [1.29, 1.82) is 0 Å². The molecular formula is C14H15N3O3. The maximum atomic E-state index is 11.0. The van der Waals surface area contributed by atoms with Gasteiger partial charge in [-0.05, 0) is 25.0 Å². The highest BCUT2D eigenvalue weighted by Gasteiger charge is 2.18. The van der Waals surface area contributed by atoms with Gasteiger partial charge in [-0.15, -0.1) is 0 Å². The molecule has 1 heterocycles. The predicted octanol–water partition coefficient (Wildman–Crippen LogP) is 3.11. The van der Waals surface area contributed by atoms with Crippen molar-refractivity contribution in [2.75, 3.05) is 0 Å². The normalized spacial score (nSPS) is 11.9. The van der Waals surface area contributed by atoms with Crippen molar-refractivity contribution >= 4 is 5.69 Å². The Hall–Kier alpha value is -2.47. The number of pyridine rings is 1. The molecule has 1 aromatic heterocycles. The van der Waals surface area contributed by atoms with Crippen LogP contribution in [0, 0.1) is 17.0 Å². The van der Waals surface area contributed by atoms with E-state index in [2.05, 4.69) is 4.98 Å². The van der Waals surface area contributed by atoms with Crippen molar-refractivity contribution in [1.82, 2.24) is 4.98 Å². The average Bonchev–Trinajstić information content (AvgIpc) is 2.41. The van der Waals surface area contributed by atoms with Crippen LogP contribution in [0.15, 0.2) is 36.5 Å². The Morgan fingerprint density at radius 3 is 2.65 bits per heavy atom. The number of aryl methyl sites for hydroxylation is 1. The minimum Gasteiger partial charge on any atom is -0.432 e. The zero-order chi connectivity index (χ0) is 14.7. The van der Waals surface area contributed by atoms with E-state index in [1.807, 2.05) is 6.92 Å². The number of para-hydroxylation sites is 1. The largest absolute Gasteiger partial charge is 0.432 e. The van der Waals surface area contributed by atoms with E-state index in [-0.39, 0.29) is 17.5 Å². The second-order valence-corrected chi connectivity index (χ2v) is 4.50. The fraction of sp³-hybridized carbons (Fsp3) is 0.214. The number of nitro benzene ring substituents is 1. The zero-order valence-corrected chi connectivity index (χ0v) is 11.2. The van der Waals surface area contributed by atoms with E-state index in [0.29, 0.717) is 11.4 Å². The summed E-state index contributed by atoms with van der Waals surface area (Å²) in [4.78, 5) is 14.6. The minimum absolute atomic E-state index is 0.0805. The summed E-state index contributed by atoms with van der Waals surface area (Å²) in [5.74, 6) is 0.505. The van der Waals surface area contributed by atoms with E-state index in [9.17, 15) is 10.1 Å². The summed E-state index contributed by atoms with van der Waals surface area (Å²) in [5, 5.41) is 11.0. The molecule has 6 nitrogen and oxygen atoms in total. The summed E-state index contributed by atoms with van der Waals surface area (Å²) in [5.41, 5.74) is 7.20. The molecule has 1 aromatic carbocycles. The molecule has 2 N–H and O–H groups in total. The third-order valence-electron chi connectivity index (χ3n) is 2.88. The van der Waals surface area contributed by atoms with Crippen molar-refractivity contribution in [3.63, 3.8) is 0 Å². The molecule has 20 heavy (non-hydrogen) atoms. The number of benzene rings is 1. The monoisotopic (exact) mass is 273 g/mol. The molecule has 0 spiro atoms. The molecule has 0 saturated carbocycles. The molecule has 1 atom stereocenters. The summed E-state index contributed by atoms with van der Waals surface area (Å²) in [7, 11) is 0. The lowest BCUT2D eigenvalue weighted by Crippen LogP contribution is -2.05. The molecule has 0 aliphatic heterocycles. The minimum atomic E-state index is -0.474. The topological polar surface area (TPSA) is 91.3 Å². The van der Waals surface area contributed by atoms with Crippen LogP contribution < -0.4 is 10.5 Å². The van der Waals surface area contributed by atoms with Gasteiger partial charge >= 0.3 is 5.69 Å². The lowest BCUT2D eigenvalue weighted by atomic mass is 10.1. The Morgan fingerprint density at radius 1 is 1.35 bits per heavy atom. The molecule has 6 heteroatoms. The van der Waals surface area contributed by atoms with Crippen LogP contribution in [0.2, 0.25) is 0 Å². The number of hydrogen-bond donors (Lipinski definition) is 1. The predicted molar refractivity (Wildman–Crippen MR) is 74.7 cm³/mol. The Kier molecular flexibility index (Phi) is 3.95. The van der Waals surface area contributed by atoms with Crippen LogP contribution in [0.5, 0.6) is 11.6 Å². The first kappa shape index (κ1) is 14.0. The average molecular weight is 273 g/mol. The molecule has 0 unspecified atom stereocenters. The summed E-state index contributed by atoms with van der Waals surface area (Å²) in [6.45, 7) is 3.60. The van der Waals surface area contributed by atoms with Gasteiger partial charge in [-0.1, -0.05) is 18.2 Å². The van der Waals surface area contributed by atoms with Crippen molar-refractivity contribution in [2.24, 2.45) is 5.73 Å². The molecule has 0 aliphatic carbocycles. The highest BCUT2D eigenvalue weighted by molar-refractivity contribution is 5.52. The van der Waals surface area contributed by atoms with Crippen LogP contribution in [0.1, 0.15) is 24.1 Å². The van der Waals surface area contributed by atoms with Crippen LogP contribution in [0.25, 0.3) is 0 Å². The molecule has 0 aliphatic rings. The summed E-state index contributed by atoms with van der Waals surface area (Å²) >= 11 is 0. The molecule has 2 aromatic rings. The first-order valence-electron chi connectivity index (χ1n) is 6.12.